The summed E-state index contributed by atoms with van der Waals surface area (Å²) in [5.74, 6) is 0.662. The second-order valence-corrected chi connectivity index (χ2v) is 5.19. The molecule has 80 valence electrons. The summed E-state index contributed by atoms with van der Waals surface area (Å²) >= 11 is 3.46. The summed E-state index contributed by atoms with van der Waals surface area (Å²) in [4.78, 5) is 10.8. The third kappa shape index (κ3) is 2.69. The highest BCUT2D eigenvalue weighted by Gasteiger charge is 2.16. The van der Waals surface area contributed by atoms with Crippen molar-refractivity contribution in [1.29, 1.82) is 0 Å². The fourth-order valence-corrected chi connectivity index (χ4v) is 2.90. The van der Waals surface area contributed by atoms with Gasteiger partial charge in [-0.15, -0.1) is 0 Å². The summed E-state index contributed by atoms with van der Waals surface area (Å²) in [7, 11) is 0. The van der Waals surface area contributed by atoms with Crippen molar-refractivity contribution in [3.8, 4) is 0 Å². The highest BCUT2D eigenvalue weighted by molar-refractivity contribution is 9.10. The van der Waals surface area contributed by atoms with Crippen LogP contribution in [0.5, 0.6) is 0 Å². The summed E-state index contributed by atoms with van der Waals surface area (Å²) in [6, 6.07) is 6.07. The van der Waals surface area contributed by atoms with E-state index in [2.05, 4.69) is 22.0 Å². The van der Waals surface area contributed by atoms with E-state index in [-0.39, 0.29) is 0 Å². The Morgan fingerprint density at radius 1 is 1.13 bits per heavy atom. The molecular formula is C13H15BrO. The molecule has 0 heterocycles. The molecular weight excluding hydrogens is 252 g/mol. The number of halogens is 1. The molecule has 2 heteroatoms. The zero-order chi connectivity index (χ0) is 10.7. The number of hydrogen-bond acceptors (Lipinski definition) is 1. The molecule has 0 aromatic heterocycles. The van der Waals surface area contributed by atoms with Crippen molar-refractivity contribution in [1.82, 2.24) is 0 Å². The van der Waals surface area contributed by atoms with Gasteiger partial charge in [-0.25, -0.2) is 0 Å². The lowest BCUT2D eigenvalue weighted by Gasteiger charge is -2.22. The number of hydrogen-bond donors (Lipinski definition) is 0. The quantitative estimate of drug-likeness (QED) is 0.730. The number of benzene rings is 1. The van der Waals surface area contributed by atoms with Crippen LogP contribution in [0, 0.1) is 0 Å². The van der Waals surface area contributed by atoms with Crippen LogP contribution in [-0.4, -0.2) is 6.29 Å². The molecule has 0 amide bonds. The van der Waals surface area contributed by atoms with Crippen LogP contribution in [0.3, 0.4) is 0 Å². The number of carbonyl (C=O) groups is 1. The van der Waals surface area contributed by atoms with Crippen molar-refractivity contribution >= 4 is 22.2 Å². The molecule has 0 unspecified atom stereocenters. The summed E-state index contributed by atoms with van der Waals surface area (Å²) in [5, 5.41) is 0. The second-order valence-electron chi connectivity index (χ2n) is 4.27. The van der Waals surface area contributed by atoms with Gasteiger partial charge in [0.2, 0.25) is 0 Å². The molecule has 0 atom stereocenters. The average Bonchev–Trinajstić information content (AvgIpc) is 2.29. The third-order valence-electron chi connectivity index (χ3n) is 3.16. The lowest BCUT2D eigenvalue weighted by atomic mass is 9.84. The van der Waals surface area contributed by atoms with Gasteiger partial charge in [-0.05, 0) is 42.5 Å². The second kappa shape index (κ2) is 4.93. The van der Waals surface area contributed by atoms with Crippen molar-refractivity contribution in [3.63, 3.8) is 0 Å². The summed E-state index contributed by atoms with van der Waals surface area (Å²) in [6.45, 7) is 0. The lowest BCUT2D eigenvalue weighted by molar-refractivity contribution is 0.112. The standard InChI is InChI=1S/C13H15BrO/c14-13-7-10(9-15)6-12(8-13)11-4-2-1-3-5-11/h6-9,11H,1-5H2. The molecule has 0 aliphatic heterocycles. The van der Waals surface area contributed by atoms with Gasteiger partial charge in [-0.3, -0.25) is 4.79 Å². The van der Waals surface area contributed by atoms with Gasteiger partial charge in [0.25, 0.3) is 0 Å². The van der Waals surface area contributed by atoms with Gasteiger partial charge in [0.15, 0.2) is 0 Å². The van der Waals surface area contributed by atoms with Crippen molar-refractivity contribution in [2.75, 3.05) is 0 Å². The van der Waals surface area contributed by atoms with E-state index in [0.29, 0.717) is 5.92 Å². The highest BCUT2D eigenvalue weighted by atomic mass is 79.9. The van der Waals surface area contributed by atoms with Gasteiger partial charge < -0.3 is 0 Å². The molecule has 1 aromatic carbocycles. The monoisotopic (exact) mass is 266 g/mol. The van der Waals surface area contributed by atoms with Crippen LogP contribution in [0.25, 0.3) is 0 Å². The normalized spacial score (nSPS) is 17.7. The topological polar surface area (TPSA) is 17.1 Å². The van der Waals surface area contributed by atoms with Gasteiger partial charge in [0.1, 0.15) is 6.29 Å². The molecule has 2 rings (SSSR count). The Morgan fingerprint density at radius 2 is 1.87 bits per heavy atom. The highest BCUT2D eigenvalue weighted by Crippen LogP contribution is 2.34. The maximum absolute atomic E-state index is 10.8. The predicted octanol–water partition coefficient (Wildman–Crippen LogP) is 4.31. The Bertz CT molecular complexity index is 354. The van der Waals surface area contributed by atoms with E-state index in [9.17, 15) is 4.79 Å². The van der Waals surface area contributed by atoms with E-state index in [1.165, 1.54) is 37.7 Å². The van der Waals surface area contributed by atoms with Gasteiger partial charge in [-0.1, -0.05) is 35.2 Å². The van der Waals surface area contributed by atoms with Crippen LogP contribution >= 0.6 is 15.9 Å². The summed E-state index contributed by atoms with van der Waals surface area (Å²) in [6.07, 6.45) is 7.49. The van der Waals surface area contributed by atoms with E-state index >= 15 is 0 Å². The van der Waals surface area contributed by atoms with Gasteiger partial charge >= 0.3 is 0 Å². The van der Waals surface area contributed by atoms with Crippen LogP contribution in [0.1, 0.15) is 53.9 Å². The van der Waals surface area contributed by atoms with E-state index in [1.54, 1.807) is 0 Å². The zero-order valence-electron chi connectivity index (χ0n) is 8.71. The minimum Gasteiger partial charge on any atom is -0.298 e. The maximum Gasteiger partial charge on any atom is 0.150 e. The number of rotatable bonds is 2. The molecule has 1 nitrogen and oxygen atoms in total. The molecule has 1 saturated carbocycles. The van der Waals surface area contributed by atoms with E-state index in [1.807, 2.05) is 12.1 Å². The first-order valence-corrected chi connectivity index (χ1v) is 6.34. The lowest BCUT2D eigenvalue weighted by Crippen LogP contribution is -2.04. The summed E-state index contributed by atoms with van der Waals surface area (Å²) < 4.78 is 1.02. The Labute approximate surface area is 99.0 Å². The van der Waals surface area contributed by atoms with Crippen molar-refractivity contribution in [2.45, 2.75) is 38.0 Å². The zero-order valence-corrected chi connectivity index (χ0v) is 10.3. The fourth-order valence-electron chi connectivity index (χ4n) is 2.38. The number of carbonyl (C=O) groups excluding carboxylic acids is 1. The Hall–Kier alpha value is -0.630. The maximum atomic E-state index is 10.8. The molecule has 0 spiro atoms. The average molecular weight is 267 g/mol. The van der Waals surface area contributed by atoms with Gasteiger partial charge in [0, 0.05) is 10.0 Å². The number of aldehydes is 1. The van der Waals surface area contributed by atoms with Crippen molar-refractivity contribution in [3.05, 3.63) is 33.8 Å². The molecule has 0 saturated heterocycles. The Kier molecular flexibility index (Phi) is 3.57. The van der Waals surface area contributed by atoms with E-state index in [4.69, 9.17) is 0 Å². The molecule has 0 bridgehead atoms. The van der Waals surface area contributed by atoms with Gasteiger partial charge in [0.05, 0.1) is 0 Å². The molecule has 1 fully saturated rings. The van der Waals surface area contributed by atoms with Crippen molar-refractivity contribution < 1.29 is 4.79 Å². The largest absolute Gasteiger partial charge is 0.298 e. The first kappa shape index (κ1) is 10.9. The van der Waals surface area contributed by atoms with Crippen molar-refractivity contribution in [2.24, 2.45) is 0 Å². The Balaban J connectivity index is 2.25. The molecule has 0 N–H and O–H groups in total. The minimum absolute atomic E-state index is 0.662. The summed E-state index contributed by atoms with van der Waals surface area (Å²) in [5.41, 5.74) is 2.11. The molecule has 1 aliphatic carbocycles. The SMILES string of the molecule is O=Cc1cc(Br)cc(C2CCCCC2)c1. The van der Waals surface area contributed by atoms with E-state index < -0.39 is 0 Å². The fraction of sp³-hybridized carbons (Fsp3) is 0.462. The van der Waals surface area contributed by atoms with Crippen LogP contribution in [0.4, 0.5) is 0 Å². The van der Waals surface area contributed by atoms with Crippen LogP contribution in [0.15, 0.2) is 22.7 Å². The predicted molar refractivity (Wildman–Crippen MR) is 65.4 cm³/mol. The Morgan fingerprint density at radius 3 is 2.53 bits per heavy atom. The molecule has 0 radical (unpaired) electrons. The van der Waals surface area contributed by atoms with Gasteiger partial charge in [-0.2, -0.15) is 0 Å². The van der Waals surface area contributed by atoms with E-state index in [0.717, 1.165) is 16.3 Å². The third-order valence-corrected chi connectivity index (χ3v) is 3.61. The van der Waals surface area contributed by atoms with Crippen LogP contribution < -0.4 is 0 Å². The van der Waals surface area contributed by atoms with Crippen LogP contribution in [0.2, 0.25) is 0 Å². The first-order valence-electron chi connectivity index (χ1n) is 5.55. The molecule has 1 aliphatic rings. The molecule has 1 aromatic rings. The first-order chi connectivity index (χ1) is 7.29. The minimum atomic E-state index is 0.662. The smallest absolute Gasteiger partial charge is 0.150 e. The molecule has 15 heavy (non-hydrogen) atoms. The van der Waals surface area contributed by atoms with Crippen LogP contribution in [-0.2, 0) is 0 Å².